The number of anilines is 1. The van der Waals surface area contributed by atoms with Gasteiger partial charge in [0.1, 0.15) is 5.75 Å². The first-order valence-corrected chi connectivity index (χ1v) is 11.3. The fourth-order valence-corrected chi connectivity index (χ4v) is 3.65. The van der Waals surface area contributed by atoms with E-state index in [0.29, 0.717) is 40.0 Å². The summed E-state index contributed by atoms with van der Waals surface area (Å²) >= 11 is 0. The molecule has 0 fully saturated rings. The molecule has 0 saturated heterocycles. The van der Waals surface area contributed by atoms with E-state index in [2.05, 4.69) is 5.32 Å². The van der Waals surface area contributed by atoms with Gasteiger partial charge >= 0.3 is 0 Å². The molecule has 0 saturated carbocycles. The van der Waals surface area contributed by atoms with Gasteiger partial charge in [0.25, 0.3) is 0 Å². The molecule has 0 aliphatic carbocycles. The van der Waals surface area contributed by atoms with Gasteiger partial charge in [-0.1, -0.05) is 24.3 Å². The van der Waals surface area contributed by atoms with E-state index in [-0.39, 0.29) is 5.91 Å². The molecule has 3 aromatic rings. The molecule has 0 radical (unpaired) electrons. The minimum absolute atomic E-state index is 0.329. The van der Waals surface area contributed by atoms with Crippen molar-refractivity contribution in [1.82, 2.24) is 0 Å². The van der Waals surface area contributed by atoms with E-state index in [1.54, 1.807) is 47.7 Å². The van der Waals surface area contributed by atoms with Gasteiger partial charge in [0, 0.05) is 11.6 Å². The molecule has 1 amide bonds. The second kappa shape index (κ2) is 12.9. The van der Waals surface area contributed by atoms with Crippen LogP contribution < -0.4 is 33.7 Å². The Kier molecular flexibility index (Phi) is 9.43. The molecule has 0 spiro atoms. The third kappa shape index (κ3) is 6.55. The van der Waals surface area contributed by atoms with Crippen LogP contribution in [0.15, 0.2) is 54.6 Å². The Morgan fingerprint density at radius 3 is 1.78 bits per heavy atom. The summed E-state index contributed by atoms with van der Waals surface area (Å²) in [6, 6.07) is 14.6. The fraction of sp³-hybridized carbons (Fsp3) is 0.207. The molecule has 0 aromatic heterocycles. The number of carbonyl (C=O) groups excluding carboxylic acids is 1. The normalized spacial score (nSPS) is 10.9. The van der Waals surface area contributed by atoms with Crippen molar-refractivity contribution in [3.05, 3.63) is 71.3 Å². The molecule has 8 heteroatoms. The number of amides is 1. The van der Waals surface area contributed by atoms with E-state index < -0.39 is 0 Å². The Bertz CT molecular complexity index is 1260. The summed E-state index contributed by atoms with van der Waals surface area (Å²) in [7, 11) is 9.34. The van der Waals surface area contributed by atoms with Gasteiger partial charge < -0.3 is 33.7 Å². The maximum Gasteiger partial charge on any atom is 0.248 e. The van der Waals surface area contributed by atoms with Crippen LogP contribution in [0, 0.1) is 0 Å². The molecule has 0 atom stereocenters. The van der Waals surface area contributed by atoms with Crippen molar-refractivity contribution in [2.75, 3.05) is 48.0 Å². The van der Waals surface area contributed by atoms with Gasteiger partial charge in [0.15, 0.2) is 23.0 Å². The molecule has 0 aliphatic rings. The van der Waals surface area contributed by atoms with Crippen LogP contribution in [0.25, 0.3) is 18.2 Å². The summed E-state index contributed by atoms with van der Waals surface area (Å²) in [5, 5.41) is 2.92. The molecule has 3 aromatic carbocycles. The molecular weight excluding hydrogens is 474 g/mol. The first-order valence-electron chi connectivity index (χ1n) is 11.3. The largest absolute Gasteiger partial charge is 0.497 e. The fourth-order valence-electron chi connectivity index (χ4n) is 3.65. The molecule has 0 heterocycles. The number of ether oxygens (including phenoxy) is 6. The first kappa shape index (κ1) is 27.0. The van der Waals surface area contributed by atoms with Crippen molar-refractivity contribution in [2.45, 2.75) is 0 Å². The van der Waals surface area contributed by atoms with Gasteiger partial charge in [-0.3, -0.25) is 4.79 Å². The predicted molar refractivity (Wildman–Crippen MR) is 145 cm³/mol. The average molecular weight is 506 g/mol. The highest BCUT2D eigenvalue weighted by atomic mass is 16.5. The number of hydrogen-bond acceptors (Lipinski definition) is 7. The molecular formula is C29H31NO7. The lowest BCUT2D eigenvalue weighted by molar-refractivity contribution is -0.111. The second-order valence-electron chi connectivity index (χ2n) is 7.65. The van der Waals surface area contributed by atoms with Crippen LogP contribution in [-0.4, -0.2) is 48.6 Å². The molecule has 0 aliphatic heterocycles. The van der Waals surface area contributed by atoms with Gasteiger partial charge in [0.2, 0.25) is 11.7 Å². The number of carbonyl (C=O) groups is 1. The van der Waals surface area contributed by atoms with Crippen LogP contribution in [0.4, 0.5) is 5.69 Å². The lowest BCUT2D eigenvalue weighted by Gasteiger charge is -2.16. The highest BCUT2D eigenvalue weighted by molar-refractivity contribution is 6.04. The van der Waals surface area contributed by atoms with Crippen molar-refractivity contribution in [3.8, 4) is 34.5 Å². The van der Waals surface area contributed by atoms with Crippen LogP contribution in [0.2, 0.25) is 0 Å². The highest BCUT2D eigenvalue weighted by Gasteiger charge is 2.16. The van der Waals surface area contributed by atoms with E-state index in [1.165, 1.54) is 13.2 Å². The minimum Gasteiger partial charge on any atom is -0.497 e. The zero-order chi connectivity index (χ0) is 26.8. The van der Waals surface area contributed by atoms with Crippen molar-refractivity contribution >= 4 is 29.8 Å². The van der Waals surface area contributed by atoms with Gasteiger partial charge in [-0.25, -0.2) is 0 Å². The van der Waals surface area contributed by atoms with E-state index in [4.69, 9.17) is 28.4 Å². The lowest BCUT2D eigenvalue weighted by atomic mass is 10.1. The van der Waals surface area contributed by atoms with Crippen LogP contribution >= 0.6 is 0 Å². The van der Waals surface area contributed by atoms with E-state index >= 15 is 0 Å². The van der Waals surface area contributed by atoms with Crippen molar-refractivity contribution in [2.24, 2.45) is 0 Å². The summed E-state index contributed by atoms with van der Waals surface area (Å²) in [5.41, 5.74) is 2.84. The SMILES string of the molecule is COc1ccc(/C=C/C(=O)Nc2c(C=Cc3cc(OC)c(OC)c(OC)c3)ccc(OC)c2OC)cc1. The van der Waals surface area contributed by atoms with E-state index in [0.717, 1.165) is 16.9 Å². The topological polar surface area (TPSA) is 84.5 Å². The third-order valence-corrected chi connectivity index (χ3v) is 5.51. The summed E-state index contributed by atoms with van der Waals surface area (Å²) < 4.78 is 32.5. The lowest BCUT2D eigenvalue weighted by Crippen LogP contribution is -2.11. The van der Waals surface area contributed by atoms with Crippen molar-refractivity contribution < 1.29 is 33.2 Å². The monoisotopic (exact) mass is 505 g/mol. The van der Waals surface area contributed by atoms with Crippen LogP contribution in [0.3, 0.4) is 0 Å². The zero-order valence-corrected chi connectivity index (χ0v) is 21.8. The number of methoxy groups -OCH3 is 6. The Hall–Kier alpha value is -4.59. The van der Waals surface area contributed by atoms with Gasteiger partial charge in [-0.05, 0) is 53.6 Å². The molecule has 1 N–H and O–H groups in total. The molecule has 37 heavy (non-hydrogen) atoms. The molecule has 8 nitrogen and oxygen atoms in total. The quantitative estimate of drug-likeness (QED) is 0.270. The maximum atomic E-state index is 12.9. The third-order valence-electron chi connectivity index (χ3n) is 5.51. The Morgan fingerprint density at radius 1 is 0.622 bits per heavy atom. The van der Waals surface area contributed by atoms with Crippen LogP contribution in [-0.2, 0) is 4.79 Å². The van der Waals surface area contributed by atoms with Crippen LogP contribution in [0.5, 0.6) is 34.5 Å². The molecule has 3 rings (SSSR count). The summed E-state index contributed by atoms with van der Waals surface area (Å²) in [6.45, 7) is 0. The molecule has 0 bridgehead atoms. The van der Waals surface area contributed by atoms with Gasteiger partial charge in [-0.2, -0.15) is 0 Å². The number of nitrogens with one attached hydrogen (secondary N) is 1. The van der Waals surface area contributed by atoms with Crippen LogP contribution in [0.1, 0.15) is 16.7 Å². The highest BCUT2D eigenvalue weighted by Crippen LogP contribution is 2.40. The summed E-state index contributed by atoms with van der Waals surface area (Å²) in [4.78, 5) is 12.9. The average Bonchev–Trinajstić information content (AvgIpc) is 2.94. The second-order valence-corrected chi connectivity index (χ2v) is 7.65. The Labute approximate surface area is 217 Å². The van der Waals surface area contributed by atoms with Crippen molar-refractivity contribution in [1.29, 1.82) is 0 Å². The van der Waals surface area contributed by atoms with Crippen molar-refractivity contribution in [3.63, 3.8) is 0 Å². The number of benzene rings is 3. The molecule has 0 unspecified atom stereocenters. The molecule has 194 valence electrons. The Balaban J connectivity index is 1.94. The number of rotatable bonds is 11. The predicted octanol–water partition coefficient (Wildman–Crippen LogP) is 5.56. The van der Waals surface area contributed by atoms with Gasteiger partial charge in [-0.15, -0.1) is 0 Å². The first-order chi connectivity index (χ1) is 18.0. The summed E-state index contributed by atoms with van der Waals surface area (Å²) in [5.74, 6) is 2.88. The Morgan fingerprint density at radius 2 is 1.24 bits per heavy atom. The van der Waals surface area contributed by atoms with Gasteiger partial charge in [0.05, 0.1) is 48.3 Å². The summed E-state index contributed by atoms with van der Waals surface area (Å²) in [6.07, 6.45) is 6.89. The van der Waals surface area contributed by atoms with E-state index in [9.17, 15) is 4.79 Å². The number of hydrogen-bond donors (Lipinski definition) is 1. The van der Waals surface area contributed by atoms with E-state index in [1.807, 2.05) is 54.6 Å². The standard InChI is InChI=1S/C29H31NO7/c1-32-22-13-8-19(9-14-22)10-16-26(31)30-27-21(12-15-23(33-2)29(27)37-6)11-7-20-17-24(34-3)28(36-5)25(18-20)35-4/h7-18H,1-6H3,(H,30,31)/b11-7?,16-10+. The zero-order valence-electron chi connectivity index (χ0n) is 21.8. The maximum absolute atomic E-state index is 12.9. The minimum atomic E-state index is -0.329. The smallest absolute Gasteiger partial charge is 0.248 e.